The zero-order chi connectivity index (χ0) is 11.5. The van der Waals surface area contributed by atoms with E-state index in [-0.39, 0.29) is 5.75 Å². The quantitative estimate of drug-likeness (QED) is 0.806. The molecule has 1 fully saturated rings. The van der Waals surface area contributed by atoms with Crippen molar-refractivity contribution in [2.45, 2.75) is 26.2 Å². The van der Waals surface area contributed by atoms with E-state index in [1.54, 1.807) is 13.0 Å². The van der Waals surface area contributed by atoms with Crippen molar-refractivity contribution in [1.29, 1.82) is 0 Å². The van der Waals surface area contributed by atoms with Crippen LogP contribution in [0.5, 0.6) is 5.75 Å². The molecule has 1 heterocycles. The Bertz CT molecular complexity index is 349. The van der Waals surface area contributed by atoms with Gasteiger partial charge in [-0.05, 0) is 62.4 Å². The normalized spacial score (nSPS) is 17.6. The van der Waals surface area contributed by atoms with Crippen LogP contribution in [0.25, 0.3) is 0 Å². The van der Waals surface area contributed by atoms with E-state index in [2.05, 4.69) is 5.32 Å². The molecule has 1 aliphatic heterocycles. The van der Waals surface area contributed by atoms with Crippen molar-refractivity contribution in [2.24, 2.45) is 5.92 Å². The highest BCUT2D eigenvalue weighted by Crippen LogP contribution is 2.25. The second-order valence-electron chi connectivity index (χ2n) is 4.64. The van der Waals surface area contributed by atoms with Crippen LogP contribution in [0.4, 0.5) is 4.39 Å². The average molecular weight is 223 g/mol. The Morgan fingerprint density at radius 2 is 2.06 bits per heavy atom. The summed E-state index contributed by atoms with van der Waals surface area (Å²) in [6.45, 7) is 3.83. The Hall–Kier alpha value is -1.09. The van der Waals surface area contributed by atoms with Gasteiger partial charge in [-0.1, -0.05) is 6.07 Å². The number of nitrogens with one attached hydrogen (secondary N) is 1. The maximum absolute atomic E-state index is 13.2. The first kappa shape index (κ1) is 11.4. The number of phenolic OH excluding ortho intramolecular Hbond substituents is 1. The molecule has 0 atom stereocenters. The molecule has 1 aromatic rings. The Morgan fingerprint density at radius 3 is 2.69 bits per heavy atom. The van der Waals surface area contributed by atoms with E-state index >= 15 is 0 Å². The zero-order valence-electron chi connectivity index (χ0n) is 9.59. The predicted octanol–water partition coefficient (Wildman–Crippen LogP) is 2.38. The zero-order valence-corrected chi connectivity index (χ0v) is 9.59. The lowest BCUT2D eigenvalue weighted by Gasteiger charge is -2.22. The van der Waals surface area contributed by atoms with E-state index in [4.69, 9.17) is 0 Å². The highest BCUT2D eigenvalue weighted by atomic mass is 19.1. The lowest BCUT2D eigenvalue weighted by Crippen LogP contribution is -2.28. The van der Waals surface area contributed by atoms with Crippen molar-refractivity contribution >= 4 is 0 Å². The summed E-state index contributed by atoms with van der Waals surface area (Å²) in [5.74, 6) is -0.0523. The molecule has 0 spiro atoms. The molecule has 0 aliphatic carbocycles. The second-order valence-corrected chi connectivity index (χ2v) is 4.64. The van der Waals surface area contributed by atoms with Crippen LogP contribution < -0.4 is 5.32 Å². The number of piperidine rings is 1. The van der Waals surface area contributed by atoms with E-state index in [9.17, 15) is 9.50 Å². The molecule has 16 heavy (non-hydrogen) atoms. The standard InChI is InChI=1S/C13H18FNO/c1-9-6-11(8-12(16)13(9)14)7-10-2-4-15-5-3-10/h6,8,10,15-16H,2-5,7H2,1H3. The van der Waals surface area contributed by atoms with Gasteiger partial charge in [-0.3, -0.25) is 0 Å². The molecular weight excluding hydrogens is 205 g/mol. The summed E-state index contributed by atoms with van der Waals surface area (Å²) in [6, 6.07) is 3.40. The van der Waals surface area contributed by atoms with Crippen molar-refractivity contribution in [3.8, 4) is 5.75 Å². The molecule has 2 nitrogen and oxygen atoms in total. The summed E-state index contributed by atoms with van der Waals surface area (Å²) in [6.07, 6.45) is 3.27. The molecule has 1 aromatic carbocycles. The van der Waals surface area contributed by atoms with Gasteiger partial charge in [0, 0.05) is 0 Å². The highest BCUT2D eigenvalue weighted by molar-refractivity contribution is 5.35. The molecule has 3 heteroatoms. The number of aromatic hydroxyl groups is 1. The molecular formula is C13H18FNO. The monoisotopic (exact) mass is 223 g/mol. The smallest absolute Gasteiger partial charge is 0.167 e. The largest absolute Gasteiger partial charge is 0.505 e. The summed E-state index contributed by atoms with van der Waals surface area (Å²) >= 11 is 0. The topological polar surface area (TPSA) is 32.3 Å². The molecule has 2 N–H and O–H groups in total. The maximum atomic E-state index is 13.2. The van der Waals surface area contributed by atoms with Gasteiger partial charge in [-0.15, -0.1) is 0 Å². The molecule has 1 saturated heterocycles. The fourth-order valence-electron chi connectivity index (χ4n) is 2.36. The number of rotatable bonds is 2. The van der Waals surface area contributed by atoms with E-state index in [0.717, 1.165) is 37.9 Å². The highest BCUT2D eigenvalue weighted by Gasteiger charge is 2.15. The van der Waals surface area contributed by atoms with Crippen molar-refractivity contribution in [2.75, 3.05) is 13.1 Å². The van der Waals surface area contributed by atoms with Crippen LogP contribution in [0.15, 0.2) is 12.1 Å². The Kier molecular flexibility index (Phi) is 3.44. The first-order chi connectivity index (χ1) is 7.66. The number of benzene rings is 1. The minimum Gasteiger partial charge on any atom is -0.505 e. The number of hydrogen-bond donors (Lipinski definition) is 2. The van der Waals surface area contributed by atoms with Crippen LogP contribution in [-0.4, -0.2) is 18.2 Å². The molecule has 2 rings (SSSR count). The van der Waals surface area contributed by atoms with Gasteiger partial charge in [-0.2, -0.15) is 0 Å². The van der Waals surface area contributed by atoms with E-state index in [1.807, 2.05) is 6.07 Å². The molecule has 0 amide bonds. The van der Waals surface area contributed by atoms with Crippen LogP contribution in [0.3, 0.4) is 0 Å². The Balaban J connectivity index is 2.09. The van der Waals surface area contributed by atoms with Crippen molar-refractivity contribution in [3.63, 3.8) is 0 Å². The summed E-state index contributed by atoms with van der Waals surface area (Å²) < 4.78 is 13.2. The van der Waals surface area contributed by atoms with Crippen LogP contribution in [-0.2, 0) is 6.42 Å². The van der Waals surface area contributed by atoms with Crippen molar-refractivity contribution < 1.29 is 9.50 Å². The first-order valence-electron chi connectivity index (χ1n) is 5.85. The van der Waals surface area contributed by atoms with Gasteiger partial charge in [-0.25, -0.2) is 4.39 Å². The fourth-order valence-corrected chi connectivity index (χ4v) is 2.36. The number of halogens is 1. The molecule has 0 aromatic heterocycles. The molecule has 1 aliphatic rings. The van der Waals surface area contributed by atoms with Crippen LogP contribution >= 0.6 is 0 Å². The predicted molar refractivity (Wildman–Crippen MR) is 62.1 cm³/mol. The van der Waals surface area contributed by atoms with Gasteiger partial charge in [0.25, 0.3) is 0 Å². The van der Waals surface area contributed by atoms with Gasteiger partial charge in [0.1, 0.15) is 0 Å². The first-order valence-corrected chi connectivity index (χ1v) is 5.85. The SMILES string of the molecule is Cc1cc(CC2CCNCC2)cc(O)c1F. The third kappa shape index (κ3) is 2.53. The summed E-state index contributed by atoms with van der Waals surface area (Å²) in [7, 11) is 0. The van der Waals surface area contributed by atoms with Gasteiger partial charge in [0.2, 0.25) is 0 Å². The molecule has 0 saturated carbocycles. The molecule has 0 bridgehead atoms. The third-order valence-corrected chi connectivity index (χ3v) is 3.28. The van der Waals surface area contributed by atoms with Gasteiger partial charge in [0.15, 0.2) is 11.6 Å². The number of aryl methyl sites for hydroxylation is 1. The fraction of sp³-hybridized carbons (Fsp3) is 0.538. The van der Waals surface area contributed by atoms with E-state index < -0.39 is 5.82 Å². The van der Waals surface area contributed by atoms with Crippen LogP contribution in [0, 0.1) is 18.7 Å². The molecule has 0 radical (unpaired) electrons. The van der Waals surface area contributed by atoms with E-state index in [0.29, 0.717) is 11.5 Å². The molecule has 0 unspecified atom stereocenters. The average Bonchev–Trinajstić information content (AvgIpc) is 2.27. The van der Waals surface area contributed by atoms with Crippen LogP contribution in [0.1, 0.15) is 24.0 Å². The van der Waals surface area contributed by atoms with E-state index in [1.165, 1.54) is 0 Å². The van der Waals surface area contributed by atoms with Gasteiger partial charge >= 0.3 is 0 Å². The summed E-state index contributed by atoms with van der Waals surface area (Å²) in [5, 5.41) is 12.7. The summed E-state index contributed by atoms with van der Waals surface area (Å²) in [5.41, 5.74) is 1.58. The lowest BCUT2D eigenvalue weighted by atomic mass is 9.90. The van der Waals surface area contributed by atoms with Gasteiger partial charge < -0.3 is 10.4 Å². The lowest BCUT2D eigenvalue weighted by molar-refractivity contribution is 0.371. The minimum absolute atomic E-state index is 0.219. The minimum atomic E-state index is -0.492. The molecule has 88 valence electrons. The maximum Gasteiger partial charge on any atom is 0.167 e. The van der Waals surface area contributed by atoms with Crippen molar-refractivity contribution in [3.05, 3.63) is 29.1 Å². The van der Waals surface area contributed by atoms with Crippen molar-refractivity contribution in [1.82, 2.24) is 5.32 Å². The Labute approximate surface area is 95.5 Å². The third-order valence-electron chi connectivity index (χ3n) is 3.28. The number of hydrogen-bond acceptors (Lipinski definition) is 2. The number of phenols is 1. The second kappa shape index (κ2) is 4.83. The Morgan fingerprint density at radius 1 is 1.38 bits per heavy atom. The summed E-state index contributed by atoms with van der Waals surface area (Å²) in [4.78, 5) is 0. The van der Waals surface area contributed by atoms with Crippen LogP contribution in [0.2, 0.25) is 0 Å². The van der Waals surface area contributed by atoms with Gasteiger partial charge in [0.05, 0.1) is 0 Å².